The van der Waals surface area contributed by atoms with Gasteiger partial charge in [0.05, 0.1) is 22.9 Å². The van der Waals surface area contributed by atoms with E-state index in [0.717, 1.165) is 69.5 Å². The van der Waals surface area contributed by atoms with Gasteiger partial charge >= 0.3 is 0 Å². The SMILES string of the molecule is C=C\C(=C/C(=C\C)C(=C/C)/C=C1/C(c2cc3c(-c4cccc(F)c4)cncc3[nH]2)=NNC1(C)C)CCCN(C)C. The Bertz CT molecular complexity index is 1550. The normalized spacial score (nSPS) is 17.1. The van der Waals surface area contributed by atoms with Crippen LogP contribution < -0.4 is 5.43 Å². The highest BCUT2D eigenvalue weighted by molar-refractivity contribution is 6.16. The number of nitrogens with zero attached hydrogens (tertiary/aromatic N) is 3. The number of fused-ring (bicyclic) bond motifs is 1. The molecule has 0 spiro atoms. The number of hydrogen-bond donors (Lipinski definition) is 2. The molecule has 0 atom stereocenters. The van der Waals surface area contributed by atoms with Crippen LogP contribution in [-0.2, 0) is 0 Å². The summed E-state index contributed by atoms with van der Waals surface area (Å²) in [5.74, 6) is -0.272. The minimum atomic E-state index is -0.375. The number of halogens is 1. The molecule has 0 unspecified atom stereocenters. The van der Waals surface area contributed by atoms with Gasteiger partial charge in [-0.1, -0.05) is 43.0 Å². The summed E-state index contributed by atoms with van der Waals surface area (Å²) < 4.78 is 14.0. The maximum atomic E-state index is 14.0. The quantitative estimate of drug-likeness (QED) is 0.260. The molecule has 1 aliphatic rings. The van der Waals surface area contributed by atoms with Crippen molar-refractivity contribution in [2.75, 3.05) is 20.6 Å². The molecule has 0 fully saturated rings. The van der Waals surface area contributed by atoms with Crippen molar-refractivity contribution in [2.45, 2.75) is 46.1 Å². The van der Waals surface area contributed by atoms with Crippen molar-refractivity contribution in [3.05, 3.63) is 113 Å². The van der Waals surface area contributed by atoms with E-state index in [1.807, 2.05) is 12.1 Å². The van der Waals surface area contributed by atoms with E-state index in [2.05, 4.69) is 99.0 Å². The van der Waals surface area contributed by atoms with Gasteiger partial charge in [0, 0.05) is 22.7 Å². The lowest BCUT2D eigenvalue weighted by atomic mass is 9.87. The first kappa shape index (κ1) is 29.0. The van der Waals surface area contributed by atoms with Crippen LogP contribution in [0.4, 0.5) is 4.39 Å². The lowest BCUT2D eigenvalue weighted by molar-refractivity contribution is 0.400. The lowest BCUT2D eigenvalue weighted by Gasteiger charge is -2.21. The van der Waals surface area contributed by atoms with Crippen LogP contribution in [0.3, 0.4) is 0 Å². The predicted octanol–water partition coefficient (Wildman–Crippen LogP) is 7.73. The number of H-pyrrole nitrogens is 1. The van der Waals surface area contributed by atoms with Crippen LogP contribution in [0.25, 0.3) is 22.0 Å². The van der Waals surface area contributed by atoms with Crippen LogP contribution >= 0.6 is 0 Å². The minimum Gasteiger partial charge on any atom is -0.352 e. The zero-order valence-corrected chi connectivity index (χ0v) is 24.5. The Morgan fingerprint density at radius 2 is 1.88 bits per heavy atom. The van der Waals surface area contributed by atoms with Gasteiger partial charge in [-0.3, -0.25) is 10.4 Å². The molecule has 3 heterocycles. The molecule has 6 heteroatoms. The van der Waals surface area contributed by atoms with Crippen LogP contribution in [0.2, 0.25) is 0 Å². The van der Waals surface area contributed by atoms with Gasteiger partial charge in [0.1, 0.15) is 11.5 Å². The molecule has 0 bridgehead atoms. The average Bonchev–Trinajstić information content (AvgIpc) is 3.49. The zero-order chi connectivity index (χ0) is 28.9. The average molecular weight is 538 g/mol. The van der Waals surface area contributed by atoms with Crippen molar-refractivity contribution in [3.63, 3.8) is 0 Å². The predicted molar refractivity (Wildman–Crippen MR) is 167 cm³/mol. The molecule has 40 heavy (non-hydrogen) atoms. The largest absolute Gasteiger partial charge is 0.352 e. The summed E-state index contributed by atoms with van der Waals surface area (Å²) in [6, 6.07) is 8.69. The van der Waals surface area contributed by atoms with Crippen molar-refractivity contribution in [2.24, 2.45) is 5.10 Å². The Hall–Kier alpha value is -4.03. The van der Waals surface area contributed by atoms with E-state index in [1.165, 1.54) is 17.7 Å². The van der Waals surface area contributed by atoms with Crippen molar-refractivity contribution >= 4 is 16.6 Å². The zero-order valence-electron chi connectivity index (χ0n) is 24.5. The number of benzene rings is 1. The molecule has 1 aliphatic heterocycles. The Morgan fingerprint density at radius 3 is 2.55 bits per heavy atom. The van der Waals surface area contributed by atoms with Crippen molar-refractivity contribution in [1.82, 2.24) is 20.3 Å². The summed E-state index contributed by atoms with van der Waals surface area (Å²) in [4.78, 5) is 10.1. The smallest absolute Gasteiger partial charge is 0.123 e. The summed E-state index contributed by atoms with van der Waals surface area (Å²) in [6.45, 7) is 13.5. The fourth-order valence-electron chi connectivity index (χ4n) is 4.99. The fourth-order valence-corrected chi connectivity index (χ4v) is 4.99. The fraction of sp³-hybridized carbons (Fsp3) is 0.294. The first-order chi connectivity index (χ1) is 19.2. The number of pyridine rings is 1. The van der Waals surface area contributed by atoms with Gasteiger partial charge < -0.3 is 9.88 Å². The molecule has 0 amide bonds. The van der Waals surface area contributed by atoms with Crippen LogP contribution in [0.5, 0.6) is 0 Å². The second-order valence-electron chi connectivity index (χ2n) is 10.9. The molecule has 0 saturated carbocycles. The van der Waals surface area contributed by atoms with Crippen LogP contribution in [-0.4, -0.2) is 46.8 Å². The van der Waals surface area contributed by atoms with E-state index < -0.39 is 0 Å². The molecule has 3 aromatic rings. The van der Waals surface area contributed by atoms with Gasteiger partial charge in [-0.25, -0.2) is 4.39 Å². The van der Waals surface area contributed by atoms with Gasteiger partial charge in [-0.2, -0.15) is 5.10 Å². The summed E-state index contributed by atoms with van der Waals surface area (Å²) >= 11 is 0. The number of rotatable bonds is 10. The van der Waals surface area contributed by atoms with Crippen molar-refractivity contribution < 1.29 is 4.39 Å². The third-order valence-electron chi connectivity index (χ3n) is 7.24. The van der Waals surface area contributed by atoms with E-state index in [0.29, 0.717) is 0 Å². The number of nitrogens with one attached hydrogen (secondary N) is 2. The number of hydrogen-bond acceptors (Lipinski definition) is 4. The van der Waals surface area contributed by atoms with E-state index in [9.17, 15) is 4.39 Å². The van der Waals surface area contributed by atoms with E-state index >= 15 is 0 Å². The molecule has 1 aromatic carbocycles. The van der Waals surface area contributed by atoms with Gasteiger partial charge in [0.25, 0.3) is 0 Å². The maximum Gasteiger partial charge on any atom is 0.123 e. The molecule has 5 nitrogen and oxygen atoms in total. The Kier molecular flexibility index (Phi) is 9.00. The standard InChI is InChI=1S/C34H40FN5/c1-8-23(13-12-16-40(6)7)17-24(9-2)25(10-3)19-30-33(38-39-34(30,4)5)31-20-28-29(21-36-22-32(28)37-31)26-14-11-15-27(35)18-26/h8-11,14-15,17-22,37,39H,1,12-13,16H2,2-7H3/b23-17+,24-9+,25-10+,30-19-. The maximum absolute atomic E-state index is 14.0. The Labute approximate surface area is 237 Å². The third kappa shape index (κ3) is 6.40. The number of aromatic amines is 1. The molecule has 0 radical (unpaired) electrons. The van der Waals surface area contributed by atoms with E-state index in [4.69, 9.17) is 5.10 Å². The summed E-state index contributed by atoms with van der Waals surface area (Å²) in [7, 11) is 4.20. The Morgan fingerprint density at radius 1 is 1.10 bits per heavy atom. The van der Waals surface area contributed by atoms with Crippen LogP contribution in [0, 0.1) is 5.82 Å². The first-order valence-corrected chi connectivity index (χ1v) is 13.8. The summed E-state index contributed by atoms with van der Waals surface area (Å²) in [5, 5.41) is 5.73. The lowest BCUT2D eigenvalue weighted by Crippen LogP contribution is -2.33. The van der Waals surface area contributed by atoms with Gasteiger partial charge in [0.2, 0.25) is 0 Å². The highest BCUT2D eigenvalue weighted by atomic mass is 19.1. The molecule has 0 saturated heterocycles. The monoisotopic (exact) mass is 537 g/mol. The van der Waals surface area contributed by atoms with Crippen LogP contribution in [0.15, 0.2) is 107 Å². The topological polar surface area (TPSA) is 56.3 Å². The molecule has 0 aliphatic carbocycles. The number of allylic oxidation sites excluding steroid dienone is 8. The van der Waals surface area contributed by atoms with E-state index in [-0.39, 0.29) is 11.4 Å². The highest BCUT2D eigenvalue weighted by Crippen LogP contribution is 2.33. The third-order valence-corrected chi connectivity index (χ3v) is 7.24. The van der Waals surface area contributed by atoms with E-state index in [1.54, 1.807) is 18.5 Å². The molecule has 208 valence electrons. The Balaban J connectivity index is 1.71. The molecular formula is C34H40FN5. The molecular weight excluding hydrogens is 497 g/mol. The molecule has 4 rings (SSSR count). The van der Waals surface area contributed by atoms with Crippen molar-refractivity contribution in [3.8, 4) is 11.1 Å². The summed E-state index contributed by atoms with van der Waals surface area (Å²) in [6.07, 6.45) is 16.3. The minimum absolute atomic E-state index is 0.272. The second-order valence-corrected chi connectivity index (χ2v) is 10.9. The number of hydrazone groups is 1. The highest BCUT2D eigenvalue weighted by Gasteiger charge is 2.34. The summed E-state index contributed by atoms with van der Waals surface area (Å²) in [5.41, 5.74) is 11.8. The van der Waals surface area contributed by atoms with Crippen LogP contribution in [0.1, 0.15) is 46.2 Å². The molecule has 2 aromatic heterocycles. The van der Waals surface area contributed by atoms with Crippen molar-refractivity contribution in [1.29, 1.82) is 0 Å². The number of aromatic nitrogens is 2. The van der Waals surface area contributed by atoms with Gasteiger partial charge in [-0.05, 0) is 108 Å². The van der Waals surface area contributed by atoms with Gasteiger partial charge in [-0.15, -0.1) is 0 Å². The van der Waals surface area contributed by atoms with Gasteiger partial charge in [0.15, 0.2) is 0 Å². The first-order valence-electron chi connectivity index (χ1n) is 13.8. The second kappa shape index (κ2) is 12.4. The molecule has 2 N–H and O–H groups in total.